The van der Waals surface area contributed by atoms with E-state index in [4.69, 9.17) is 15.6 Å². The Balaban J connectivity index is 0.000000758. The molecule has 0 saturated carbocycles. The lowest BCUT2D eigenvalue weighted by Gasteiger charge is -2.12. The molecule has 0 aliphatic rings. The molecule has 26 heavy (non-hydrogen) atoms. The lowest BCUT2D eigenvalue weighted by Crippen LogP contribution is -2.29. The molecule has 0 radical (unpaired) electrons. The van der Waals surface area contributed by atoms with Crippen molar-refractivity contribution in [3.05, 3.63) is 47.7 Å². The van der Waals surface area contributed by atoms with Crippen LogP contribution in [0, 0.1) is 6.92 Å². The molecule has 0 aliphatic heterocycles. The summed E-state index contributed by atoms with van der Waals surface area (Å²) in [6.45, 7) is 3.72. The molecule has 0 amide bonds. The number of hydrogen-bond donors (Lipinski definition) is 4. The summed E-state index contributed by atoms with van der Waals surface area (Å²) >= 11 is 0. The Kier molecular flexibility index (Phi) is 6.27. The van der Waals surface area contributed by atoms with Gasteiger partial charge in [0, 0.05) is 10.8 Å². The molecule has 134 valence electrons. The number of hydrogen-bond acceptors (Lipinski definition) is 6. The van der Waals surface area contributed by atoms with Gasteiger partial charge in [-0.1, -0.05) is 31.2 Å². The van der Waals surface area contributed by atoms with Gasteiger partial charge >= 0.3 is 7.12 Å². The molecule has 8 heteroatoms. The molecule has 3 rings (SSSR count). The highest BCUT2D eigenvalue weighted by molar-refractivity contribution is 6.58. The highest BCUT2D eigenvalue weighted by atomic mass is 16.4. The molecule has 7 nitrogen and oxygen atoms in total. The van der Waals surface area contributed by atoms with Gasteiger partial charge in [0.25, 0.3) is 6.47 Å². The van der Waals surface area contributed by atoms with Crippen LogP contribution < -0.4 is 11.2 Å². The number of aryl methyl sites for hydroxylation is 2. The molecular formula is C18H20BN3O4. The van der Waals surface area contributed by atoms with Gasteiger partial charge in [-0.25, -0.2) is 0 Å². The number of anilines is 1. The van der Waals surface area contributed by atoms with Gasteiger partial charge in [-0.3, -0.25) is 4.79 Å². The first-order valence-electron chi connectivity index (χ1n) is 8.02. The molecule has 0 aliphatic carbocycles. The Morgan fingerprint density at radius 3 is 2.42 bits per heavy atom. The first kappa shape index (κ1) is 19.4. The van der Waals surface area contributed by atoms with E-state index < -0.39 is 7.12 Å². The number of nitrogen functional groups attached to an aromatic ring is 1. The monoisotopic (exact) mass is 353 g/mol. The highest BCUT2D eigenvalue weighted by Crippen LogP contribution is 2.29. The standard InChI is InChI=1S/C17H18BN3O2.CH2O2/c1-3-11-4-6-13(18(22)23)9-16(11)12-5-7-14-15(8-12)10(2)20-21-17(14)19;2-1-3/h4-9,22-23H,3H2,1-2H3,(H2,19,21);1H,(H,2,3). The van der Waals surface area contributed by atoms with E-state index in [1.807, 2.05) is 37.3 Å². The smallest absolute Gasteiger partial charge is 0.483 e. The van der Waals surface area contributed by atoms with Crippen molar-refractivity contribution in [1.82, 2.24) is 10.2 Å². The fraction of sp³-hybridized carbons (Fsp3) is 0.167. The predicted molar refractivity (Wildman–Crippen MR) is 102 cm³/mol. The number of benzene rings is 2. The van der Waals surface area contributed by atoms with E-state index in [0.29, 0.717) is 11.3 Å². The van der Waals surface area contributed by atoms with Gasteiger partial charge in [-0.15, -0.1) is 5.10 Å². The number of fused-ring (bicyclic) bond motifs is 1. The van der Waals surface area contributed by atoms with Crippen LogP contribution in [0.2, 0.25) is 0 Å². The Bertz CT molecular complexity index is 932. The van der Waals surface area contributed by atoms with Gasteiger partial charge in [-0.2, -0.15) is 5.10 Å². The van der Waals surface area contributed by atoms with Crippen LogP contribution in [0.5, 0.6) is 0 Å². The molecule has 5 N–H and O–H groups in total. The van der Waals surface area contributed by atoms with Crippen LogP contribution in [0.15, 0.2) is 36.4 Å². The van der Waals surface area contributed by atoms with Crippen molar-refractivity contribution in [2.45, 2.75) is 20.3 Å². The summed E-state index contributed by atoms with van der Waals surface area (Å²) in [7, 11) is -1.48. The molecule has 0 atom stereocenters. The van der Waals surface area contributed by atoms with Crippen molar-refractivity contribution >= 4 is 35.6 Å². The summed E-state index contributed by atoms with van der Waals surface area (Å²) in [5, 5.41) is 35.6. The number of nitrogens with two attached hydrogens (primary N) is 1. The van der Waals surface area contributed by atoms with E-state index in [0.717, 1.165) is 39.6 Å². The molecule has 2 aromatic carbocycles. The lowest BCUT2D eigenvalue weighted by molar-refractivity contribution is -0.122. The fourth-order valence-electron chi connectivity index (χ4n) is 2.80. The van der Waals surface area contributed by atoms with Crippen LogP contribution in [-0.2, 0) is 11.2 Å². The molecule has 3 aromatic rings. The first-order valence-corrected chi connectivity index (χ1v) is 8.02. The van der Waals surface area contributed by atoms with Gasteiger partial charge < -0.3 is 20.9 Å². The molecule has 0 fully saturated rings. The van der Waals surface area contributed by atoms with E-state index in [-0.39, 0.29) is 6.47 Å². The van der Waals surface area contributed by atoms with Gasteiger partial charge in [0.05, 0.1) is 5.69 Å². The third kappa shape index (κ3) is 3.98. The van der Waals surface area contributed by atoms with Gasteiger partial charge in [0.1, 0.15) is 0 Å². The van der Waals surface area contributed by atoms with Crippen LogP contribution in [0.25, 0.3) is 21.9 Å². The van der Waals surface area contributed by atoms with E-state index in [1.165, 1.54) is 0 Å². The van der Waals surface area contributed by atoms with E-state index in [1.54, 1.807) is 6.07 Å². The van der Waals surface area contributed by atoms with Crippen LogP contribution >= 0.6 is 0 Å². The second-order valence-electron chi connectivity index (χ2n) is 5.68. The van der Waals surface area contributed by atoms with Crippen LogP contribution in [-0.4, -0.2) is 38.9 Å². The zero-order valence-corrected chi connectivity index (χ0v) is 14.5. The number of carbonyl (C=O) groups is 1. The van der Waals surface area contributed by atoms with Crippen molar-refractivity contribution in [1.29, 1.82) is 0 Å². The largest absolute Gasteiger partial charge is 0.488 e. The third-order valence-electron chi connectivity index (χ3n) is 4.12. The topological polar surface area (TPSA) is 130 Å². The second-order valence-corrected chi connectivity index (χ2v) is 5.68. The van der Waals surface area contributed by atoms with E-state index >= 15 is 0 Å². The predicted octanol–water partition coefficient (Wildman–Crippen LogP) is 1.13. The van der Waals surface area contributed by atoms with E-state index in [2.05, 4.69) is 17.1 Å². The van der Waals surface area contributed by atoms with Crippen molar-refractivity contribution in [3.8, 4) is 11.1 Å². The minimum absolute atomic E-state index is 0.250. The molecular weight excluding hydrogens is 333 g/mol. The van der Waals surface area contributed by atoms with Gasteiger partial charge in [-0.05, 0) is 47.6 Å². The lowest BCUT2D eigenvalue weighted by atomic mass is 9.78. The zero-order valence-electron chi connectivity index (χ0n) is 14.5. The third-order valence-corrected chi connectivity index (χ3v) is 4.12. The van der Waals surface area contributed by atoms with Crippen LogP contribution in [0.4, 0.5) is 5.82 Å². The summed E-state index contributed by atoms with van der Waals surface area (Å²) in [6, 6.07) is 11.4. The maximum Gasteiger partial charge on any atom is 0.488 e. The minimum atomic E-state index is -1.48. The summed E-state index contributed by atoms with van der Waals surface area (Å²) in [5.74, 6) is 0.410. The Morgan fingerprint density at radius 1 is 1.12 bits per heavy atom. The second kappa shape index (κ2) is 8.42. The SMILES string of the molecule is CCc1ccc(B(O)O)cc1-c1ccc2c(N)nnc(C)c2c1.O=CO. The Labute approximate surface area is 151 Å². The first-order chi connectivity index (χ1) is 12.4. The number of rotatable bonds is 3. The van der Waals surface area contributed by atoms with Crippen molar-refractivity contribution in [2.75, 3.05) is 5.73 Å². The average molecular weight is 353 g/mol. The molecule has 0 saturated heterocycles. The van der Waals surface area contributed by atoms with Crippen molar-refractivity contribution < 1.29 is 19.9 Å². The summed E-state index contributed by atoms with van der Waals surface area (Å²) in [4.78, 5) is 8.36. The van der Waals surface area contributed by atoms with Crippen LogP contribution in [0.3, 0.4) is 0 Å². The summed E-state index contributed by atoms with van der Waals surface area (Å²) in [6.07, 6.45) is 0.852. The van der Waals surface area contributed by atoms with Crippen molar-refractivity contribution in [3.63, 3.8) is 0 Å². The normalized spacial score (nSPS) is 10.2. The number of nitrogens with zero attached hydrogens (tertiary/aromatic N) is 2. The molecule has 1 heterocycles. The number of carboxylic acid groups (broad SMARTS) is 1. The zero-order chi connectivity index (χ0) is 19.3. The van der Waals surface area contributed by atoms with Gasteiger partial charge in [0.2, 0.25) is 0 Å². The molecule has 0 unspecified atom stereocenters. The fourth-order valence-corrected chi connectivity index (χ4v) is 2.80. The highest BCUT2D eigenvalue weighted by Gasteiger charge is 2.15. The number of aromatic nitrogens is 2. The van der Waals surface area contributed by atoms with E-state index in [9.17, 15) is 10.0 Å². The molecule has 1 aromatic heterocycles. The Morgan fingerprint density at radius 2 is 1.81 bits per heavy atom. The summed E-state index contributed by atoms with van der Waals surface area (Å²) < 4.78 is 0. The molecule has 0 bridgehead atoms. The summed E-state index contributed by atoms with van der Waals surface area (Å²) in [5.41, 5.74) is 10.3. The quantitative estimate of drug-likeness (QED) is 0.410. The minimum Gasteiger partial charge on any atom is -0.483 e. The molecule has 0 spiro atoms. The van der Waals surface area contributed by atoms with Crippen LogP contribution in [0.1, 0.15) is 18.2 Å². The Hall–Kier alpha value is -2.97. The maximum absolute atomic E-state index is 9.43. The van der Waals surface area contributed by atoms with Gasteiger partial charge in [0.15, 0.2) is 5.82 Å². The maximum atomic E-state index is 9.43. The van der Waals surface area contributed by atoms with Crippen molar-refractivity contribution in [2.24, 2.45) is 0 Å². The average Bonchev–Trinajstić information content (AvgIpc) is 2.64.